The van der Waals surface area contributed by atoms with Crippen molar-refractivity contribution in [3.63, 3.8) is 0 Å². The zero-order valence-electron chi connectivity index (χ0n) is 14.4. The molecule has 5 rings (SSSR count). The van der Waals surface area contributed by atoms with Gasteiger partial charge in [0, 0.05) is 21.5 Å². The molecule has 0 spiro atoms. The molecule has 0 fully saturated rings. The van der Waals surface area contributed by atoms with Crippen molar-refractivity contribution in [3.8, 4) is 24.3 Å². The van der Waals surface area contributed by atoms with Gasteiger partial charge < -0.3 is 0 Å². The highest BCUT2D eigenvalue weighted by Crippen LogP contribution is 2.43. The highest BCUT2D eigenvalue weighted by molar-refractivity contribution is 6.35. The number of fused-ring (bicyclic) bond motifs is 2. The molecule has 0 aliphatic carbocycles. The van der Waals surface area contributed by atoms with E-state index in [-0.39, 0.29) is 0 Å². The molecule has 0 aromatic heterocycles. The maximum atomic E-state index is 9.80. The van der Waals surface area contributed by atoms with Crippen molar-refractivity contribution in [1.29, 1.82) is 21.0 Å². The summed E-state index contributed by atoms with van der Waals surface area (Å²) < 4.78 is 0. The summed E-state index contributed by atoms with van der Waals surface area (Å²) in [5, 5.41) is 45.0. The van der Waals surface area contributed by atoms with Gasteiger partial charge in [0.25, 0.3) is 0 Å². The van der Waals surface area contributed by atoms with Crippen LogP contribution in [-0.4, -0.2) is 0 Å². The summed E-state index contributed by atoms with van der Waals surface area (Å²) in [5.74, 6) is 0. The number of hydrogen-bond donors (Lipinski definition) is 0. The van der Waals surface area contributed by atoms with Crippen molar-refractivity contribution in [1.82, 2.24) is 0 Å². The number of nitriles is 4. The average Bonchev–Trinajstić information content (AvgIpc) is 2.76. The predicted octanol–water partition coefficient (Wildman–Crippen LogP) is 5.22. The minimum atomic E-state index is 0.318. The molecular weight excluding hydrogens is 344 g/mol. The smallest absolute Gasteiger partial charge is 0.0999 e. The highest BCUT2D eigenvalue weighted by atomic mass is 14.3. The van der Waals surface area contributed by atoms with Crippen LogP contribution in [-0.2, 0) is 0 Å². The Hall–Kier alpha value is -4.64. The summed E-state index contributed by atoms with van der Waals surface area (Å²) in [4.78, 5) is 0. The van der Waals surface area contributed by atoms with Crippen LogP contribution in [0.5, 0.6) is 0 Å². The maximum Gasteiger partial charge on any atom is 0.0999 e. The van der Waals surface area contributed by atoms with E-state index in [4.69, 9.17) is 0 Å². The summed E-state index contributed by atoms with van der Waals surface area (Å²) in [6.07, 6.45) is 0. The molecule has 0 saturated carbocycles. The lowest BCUT2D eigenvalue weighted by molar-refractivity contribution is 1.47. The van der Waals surface area contributed by atoms with Crippen molar-refractivity contribution in [3.05, 3.63) is 70.8 Å². The molecule has 4 nitrogen and oxygen atoms in total. The molecule has 4 heteroatoms. The van der Waals surface area contributed by atoms with Gasteiger partial charge in [-0.1, -0.05) is 30.3 Å². The molecule has 5 aromatic carbocycles. The Morgan fingerprint density at radius 2 is 1.00 bits per heavy atom. The first-order chi connectivity index (χ1) is 13.7. The largest absolute Gasteiger partial charge is 0.192 e. The second kappa shape index (κ2) is 5.43. The maximum absolute atomic E-state index is 9.80. The molecule has 0 aliphatic heterocycles. The Labute approximate surface area is 159 Å². The molecule has 0 N–H and O–H groups in total. The van der Waals surface area contributed by atoms with Crippen molar-refractivity contribution in [2.24, 2.45) is 0 Å². The van der Waals surface area contributed by atoms with Crippen LogP contribution in [0.15, 0.2) is 48.5 Å². The Morgan fingerprint density at radius 3 is 1.68 bits per heavy atom. The second-order valence-corrected chi connectivity index (χ2v) is 6.59. The van der Waals surface area contributed by atoms with Crippen LogP contribution in [0, 0.1) is 45.3 Å². The van der Waals surface area contributed by atoms with E-state index in [1.54, 1.807) is 18.2 Å². The SMILES string of the molecule is N#Cc1ccc2c3ccc(C#N)c4c(C#N)cc(C#N)c(c5cccc1c25)c43. The summed E-state index contributed by atoms with van der Waals surface area (Å²) in [7, 11) is 0. The number of benzene rings is 5. The van der Waals surface area contributed by atoms with Crippen LogP contribution in [0.1, 0.15) is 22.3 Å². The molecular formula is C24H8N4. The van der Waals surface area contributed by atoms with Gasteiger partial charge in [-0.15, -0.1) is 0 Å². The van der Waals surface area contributed by atoms with E-state index in [1.807, 2.05) is 30.3 Å². The van der Waals surface area contributed by atoms with Gasteiger partial charge in [0.2, 0.25) is 0 Å². The lowest BCUT2D eigenvalue weighted by atomic mass is 9.84. The molecule has 0 radical (unpaired) electrons. The van der Waals surface area contributed by atoms with Gasteiger partial charge in [-0.2, -0.15) is 21.0 Å². The first kappa shape index (κ1) is 15.6. The van der Waals surface area contributed by atoms with Gasteiger partial charge in [0.15, 0.2) is 0 Å². The first-order valence-corrected chi connectivity index (χ1v) is 8.54. The van der Waals surface area contributed by atoms with Crippen molar-refractivity contribution in [2.45, 2.75) is 0 Å². The van der Waals surface area contributed by atoms with Crippen LogP contribution < -0.4 is 0 Å². The molecule has 0 amide bonds. The number of rotatable bonds is 0. The van der Waals surface area contributed by atoms with Crippen molar-refractivity contribution < 1.29 is 0 Å². The molecule has 0 unspecified atom stereocenters. The fraction of sp³-hybridized carbons (Fsp3) is 0. The monoisotopic (exact) mass is 352 g/mol. The van der Waals surface area contributed by atoms with Crippen LogP contribution in [0.3, 0.4) is 0 Å². The molecule has 0 heterocycles. The number of hydrogen-bond acceptors (Lipinski definition) is 4. The molecule has 124 valence electrons. The van der Waals surface area contributed by atoms with Crippen LogP contribution >= 0.6 is 0 Å². The van der Waals surface area contributed by atoms with Gasteiger partial charge >= 0.3 is 0 Å². The van der Waals surface area contributed by atoms with Gasteiger partial charge in [-0.3, -0.25) is 0 Å². The summed E-state index contributed by atoms with van der Waals surface area (Å²) >= 11 is 0. The standard InChI is InChI=1S/C24H8N4/c25-9-13-4-6-18-19-7-5-14(10-26)21-15(11-27)8-16(12-28)22(24(19)21)20-3-1-2-17(13)23(18)20/h1-8H. The average molecular weight is 352 g/mol. The van der Waals surface area contributed by atoms with Crippen molar-refractivity contribution >= 4 is 43.1 Å². The molecule has 0 atom stereocenters. The summed E-state index contributed by atoms with van der Waals surface area (Å²) in [6, 6.07) is 23.3. The predicted molar refractivity (Wildman–Crippen MR) is 107 cm³/mol. The molecule has 5 aromatic rings. The Kier molecular flexibility index (Phi) is 3.02. The van der Waals surface area contributed by atoms with Crippen molar-refractivity contribution in [2.75, 3.05) is 0 Å². The van der Waals surface area contributed by atoms with E-state index >= 15 is 0 Å². The van der Waals surface area contributed by atoms with Gasteiger partial charge in [0.05, 0.1) is 46.5 Å². The van der Waals surface area contributed by atoms with Gasteiger partial charge in [-0.25, -0.2) is 0 Å². The third-order valence-electron chi connectivity index (χ3n) is 5.36. The van der Waals surface area contributed by atoms with Crippen LogP contribution in [0.25, 0.3) is 43.1 Å². The van der Waals surface area contributed by atoms with E-state index in [1.165, 1.54) is 0 Å². The molecule has 0 bridgehead atoms. The Balaban J connectivity index is 2.28. The molecule has 28 heavy (non-hydrogen) atoms. The quantitative estimate of drug-likeness (QED) is 0.282. The number of nitrogens with zero attached hydrogens (tertiary/aromatic N) is 4. The zero-order valence-corrected chi connectivity index (χ0v) is 14.4. The fourth-order valence-corrected chi connectivity index (χ4v) is 4.28. The van der Waals surface area contributed by atoms with E-state index in [0.717, 1.165) is 37.7 Å². The third-order valence-corrected chi connectivity index (χ3v) is 5.36. The lowest BCUT2D eigenvalue weighted by Gasteiger charge is -2.17. The Morgan fingerprint density at radius 1 is 0.429 bits per heavy atom. The highest BCUT2D eigenvalue weighted by Gasteiger charge is 2.20. The molecule has 0 aliphatic rings. The van der Waals surface area contributed by atoms with Gasteiger partial charge in [-0.05, 0) is 39.7 Å². The third kappa shape index (κ3) is 1.74. The lowest BCUT2D eigenvalue weighted by Crippen LogP contribution is -1.95. The minimum Gasteiger partial charge on any atom is -0.192 e. The van der Waals surface area contributed by atoms with E-state index in [9.17, 15) is 21.0 Å². The zero-order chi connectivity index (χ0) is 19.4. The normalized spacial score (nSPS) is 10.7. The van der Waals surface area contributed by atoms with Gasteiger partial charge in [0.1, 0.15) is 0 Å². The summed E-state index contributed by atoms with van der Waals surface area (Å²) in [5.41, 5.74) is 1.69. The topological polar surface area (TPSA) is 95.2 Å². The van der Waals surface area contributed by atoms with Crippen LogP contribution in [0.2, 0.25) is 0 Å². The summed E-state index contributed by atoms with van der Waals surface area (Å²) in [6.45, 7) is 0. The van der Waals surface area contributed by atoms with E-state index < -0.39 is 0 Å². The molecule has 0 saturated heterocycles. The van der Waals surface area contributed by atoms with Crippen LogP contribution in [0.4, 0.5) is 0 Å². The first-order valence-electron chi connectivity index (χ1n) is 8.54. The fourth-order valence-electron chi connectivity index (χ4n) is 4.28. The Bertz CT molecular complexity index is 1650. The second-order valence-electron chi connectivity index (χ2n) is 6.59. The minimum absolute atomic E-state index is 0.318. The van der Waals surface area contributed by atoms with E-state index in [2.05, 4.69) is 24.3 Å². The van der Waals surface area contributed by atoms with E-state index in [0.29, 0.717) is 27.6 Å².